The van der Waals surface area contributed by atoms with Crippen molar-refractivity contribution in [3.63, 3.8) is 0 Å². The molecule has 1 aliphatic rings. The highest BCUT2D eigenvalue weighted by Gasteiger charge is 2.42. The maximum atomic E-state index is 13.6. The third-order valence-electron chi connectivity index (χ3n) is 5.35. The van der Waals surface area contributed by atoms with Gasteiger partial charge in [-0.1, -0.05) is 22.0 Å². The lowest BCUT2D eigenvalue weighted by Gasteiger charge is -2.25. The van der Waals surface area contributed by atoms with E-state index in [0.717, 1.165) is 10.0 Å². The summed E-state index contributed by atoms with van der Waals surface area (Å²) < 4.78 is 23.4. The van der Waals surface area contributed by atoms with Crippen molar-refractivity contribution in [3.8, 4) is 11.5 Å². The van der Waals surface area contributed by atoms with E-state index in [1.54, 1.807) is 36.3 Å². The van der Waals surface area contributed by atoms with Crippen LogP contribution in [0.25, 0.3) is 11.0 Å². The average Bonchev–Trinajstić information content (AvgIpc) is 3.06. The SMILES string of the molecule is CCOc1ccc(C2c3c(oc4ccc(Br)cc4c3=O)C(=O)N2CCOC)cc1OCC. The summed E-state index contributed by atoms with van der Waals surface area (Å²) in [6, 6.07) is 10.0. The van der Waals surface area contributed by atoms with Gasteiger partial charge in [-0.05, 0) is 49.7 Å². The topological polar surface area (TPSA) is 78.2 Å². The van der Waals surface area contributed by atoms with Crippen LogP contribution in [-0.4, -0.2) is 44.3 Å². The van der Waals surface area contributed by atoms with Gasteiger partial charge in [0.15, 0.2) is 16.9 Å². The van der Waals surface area contributed by atoms with E-state index in [4.69, 9.17) is 18.6 Å². The molecule has 1 atom stereocenters. The van der Waals surface area contributed by atoms with Gasteiger partial charge < -0.3 is 23.5 Å². The third kappa shape index (κ3) is 3.89. The van der Waals surface area contributed by atoms with Crippen LogP contribution in [0.1, 0.15) is 41.6 Å². The van der Waals surface area contributed by atoms with Gasteiger partial charge in [0.25, 0.3) is 5.91 Å². The van der Waals surface area contributed by atoms with Crippen LogP contribution in [0.3, 0.4) is 0 Å². The highest BCUT2D eigenvalue weighted by atomic mass is 79.9. The summed E-state index contributed by atoms with van der Waals surface area (Å²) in [6.07, 6.45) is 0. The Morgan fingerprint density at radius 2 is 1.78 bits per heavy atom. The Morgan fingerprint density at radius 3 is 2.50 bits per heavy atom. The van der Waals surface area contributed by atoms with Crippen molar-refractivity contribution >= 4 is 32.8 Å². The predicted octanol–water partition coefficient (Wildman–Crippen LogP) is 4.54. The van der Waals surface area contributed by atoms with Crippen LogP contribution >= 0.6 is 15.9 Å². The van der Waals surface area contributed by atoms with Crippen LogP contribution in [0, 0.1) is 0 Å². The van der Waals surface area contributed by atoms with E-state index in [9.17, 15) is 9.59 Å². The number of halogens is 1. The molecule has 0 bridgehead atoms. The van der Waals surface area contributed by atoms with Crippen LogP contribution < -0.4 is 14.9 Å². The third-order valence-corrected chi connectivity index (χ3v) is 5.84. The monoisotopic (exact) mass is 501 g/mol. The number of ether oxygens (including phenoxy) is 3. The van der Waals surface area contributed by atoms with Gasteiger partial charge in [0.05, 0.1) is 36.8 Å². The summed E-state index contributed by atoms with van der Waals surface area (Å²) >= 11 is 3.41. The molecule has 1 amide bonds. The number of carbonyl (C=O) groups excluding carboxylic acids is 1. The van der Waals surface area contributed by atoms with Gasteiger partial charge in [0, 0.05) is 18.1 Å². The highest BCUT2D eigenvalue weighted by molar-refractivity contribution is 9.10. The molecular formula is C24H24BrNO6. The van der Waals surface area contributed by atoms with Crippen molar-refractivity contribution in [2.75, 3.05) is 33.5 Å². The molecule has 2 heterocycles. The molecule has 8 heteroatoms. The molecule has 0 saturated heterocycles. The Hall–Kier alpha value is -2.84. The Morgan fingerprint density at radius 1 is 1.03 bits per heavy atom. The Labute approximate surface area is 194 Å². The van der Waals surface area contributed by atoms with Gasteiger partial charge in [0.1, 0.15) is 5.58 Å². The first-order chi connectivity index (χ1) is 15.5. The summed E-state index contributed by atoms with van der Waals surface area (Å²) in [5.74, 6) is 0.904. The highest BCUT2D eigenvalue weighted by Crippen LogP contribution is 2.41. The molecule has 0 fully saturated rings. The zero-order valence-corrected chi connectivity index (χ0v) is 19.7. The Balaban J connectivity index is 1.93. The minimum atomic E-state index is -0.623. The lowest BCUT2D eigenvalue weighted by molar-refractivity contribution is 0.0663. The van der Waals surface area contributed by atoms with E-state index < -0.39 is 6.04 Å². The molecule has 1 unspecified atom stereocenters. The first-order valence-electron chi connectivity index (χ1n) is 10.5. The van der Waals surface area contributed by atoms with Crippen LogP contribution in [0.4, 0.5) is 0 Å². The van der Waals surface area contributed by atoms with E-state index in [0.29, 0.717) is 54.4 Å². The van der Waals surface area contributed by atoms with Crippen molar-refractivity contribution in [2.24, 2.45) is 0 Å². The number of amides is 1. The lowest BCUT2D eigenvalue weighted by atomic mass is 9.98. The molecule has 0 saturated carbocycles. The van der Waals surface area contributed by atoms with Crippen LogP contribution in [0.15, 0.2) is 50.1 Å². The number of hydrogen-bond donors (Lipinski definition) is 0. The fourth-order valence-electron chi connectivity index (χ4n) is 4.00. The van der Waals surface area contributed by atoms with Crippen molar-refractivity contribution in [3.05, 3.63) is 68.0 Å². The number of nitrogens with zero attached hydrogens (tertiary/aromatic N) is 1. The first kappa shape index (κ1) is 22.4. The molecule has 0 aliphatic carbocycles. The van der Waals surface area contributed by atoms with Crippen molar-refractivity contribution in [1.82, 2.24) is 4.90 Å². The molecule has 1 aliphatic heterocycles. The van der Waals surface area contributed by atoms with Crippen LogP contribution in [0.2, 0.25) is 0 Å². The fraction of sp³-hybridized carbons (Fsp3) is 0.333. The largest absolute Gasteiger partial charge is 0.490 e. The molecule has 0 radical (unpaired) electrons. The van der Waals surface area contributed by atoms with Gasteiger partial charge in [-0.25, -0.2) is 0 Å². The maximum Gasteiger partial charge on any atom is 0.290 e. The smallest absolute Gasteiger partial charge is 0.290 e. The van der Waals surface area contributed by atoms with E-state index in [1.807, 2.05) is 26.0 Å². The molecule has 0 spiro atoms. The second-order valence-corrected chi connectivity index (χ2v) is 8.20. The quantitative estimate of drug-likeness (QED) is 0.450. The number of carbonyl (C=O) groups is 1. The van der Waals surface area contributed by atoms with E-state index >= 15 is 0 Å². The van der Waals surface area contributed by atoms with Gasteiger partial charge in [0.2, 0.25) is 5.76 Å². The zero-order chi connectivity index (χ0) is 22.8. The molecule has 4 rings (SSSR count). The number of fused-ring (bicyclic) bond motifs is 2. The molecule has 3 aromatic rings. The van der Waals surface area contributed by atoms with Gasteiger partial charge in [-0.3, -0.25) is 9.59 Å². The number of hydrogen-bond acceptors (Lipinski definition) is 6. The van der Waals surface area contributed by atoms with Gasteiger partial charge >= 0.3 is 0 Å². The summed E-state index contributed by atoms with van der Waals surface area (Å²) in [5, 5.41) is 0.417. The summed E-state index contributed by atoms with van der Waals surface area (Å²) in [6.45, 7) is 5.37. The van der Waals surface area contributed by atoms with E-state index in [-0.39, 0.29) is 17.1 Å². The molecular weight excluding hydrogens is 478 g/mol. The molecule has 168 valence electrons. The number of benzene rings is 2. The van der Waals surface area contributed by atoms with Gasteiger partial charge in [-0.15, -0.1) is 0 Å². The van der Waals surface area contributed by atoms with E-state index in [2.05, 4.69) is 15.9 Å². The standard InChI is InChI=1S/C24H24BrNO6/c1-4-30-18-8-6-14(12-19(18)31-5-2)21-20-22(27)16-13-15(25)7-9-17(16)32-23(20)24(28)26(21)10-11-29-3/h6-9,12-13,21H,4-5,10-11H2,1-3H3. The number of rotatable bonds is 8. The van der Waals surface area contributed by atoms with Crippen molar-refractivity contribution in [1.29, 1.82) is 0 Å². The maximum absolute atomic E-state index is 13.6. The van der Waals surface area contributed by atoms with Crippen molar-refractivity contribution in [2.45, 2.75) is 19.9 Å². The normalized spacial score (nSPS) is 15.3. The first-order valence-corrected chi connectivity index (χ1v) is 11.2. The molecule has 1 aromatic heterocycles. The molecule has 32 heavy (non-hydrogen) atoms. The minimum absolute atomic E-state index is 0.0674. The Kier molecular flexibility index (Phi) is 6.53. The zero-order valence-electron chi connectivity index (χ0n) is 18.1. The molecule has 7 nitrogen and oxygen atoms in total. The summed E-state index contributed by atoms with van der Waals surface area (Å²) in [4.78, 5) is 28.5. The van der Waals surface area contributed by atoms with Crippen LogP contribution in [0.5, 0.6) is 11.5 Å². The van der Waals surface area contributed by atoms with E-state index in [1.165, 1.54) is 0 Å². The second kappa shape index (κ2) is 9.34. The fourth-order valence-corrected chi connectivity index (χ4v) is 4.36. The predicted molar refractivity (Wildman–Crippen MR) is 124 cm³/mol. The Bertz CT molecular complexity index is 1220. The number of methoxy groups -OCH3 is 1. The summed E-state index contributed by atoms with van der Waals surface area (Å²) in [5.41, 5.74) is 1.21. The van der Waals surface area contributed by atoms with Crippen molar-refractivity contribution < 1.29 is 23.4 Å². The molecule has 0 N–H and O–H groups in total. The van der Waals surface area contributed by atoms with Crippen LogP contribution in [-0.2, 0) is 4.74 Å². The average molecular weight is 502 g/mol. The molecule has 2 aromatic carbocycles. The second-order valence-electron chi connectivity index (χ2n) is 7.28. The minimum Gasteiger partial charge on any atom is -0.490 e. The summed E-state index contributed by atoms with van der Waals surface area (Å²) in [7, 11) is 1.57. The lowest BCUT2D eigenvalue weighted by Crippen LogP contribution is -2.32. The van der Waals surface area contributed by atoms with Gasteiger partial charge in [-0.2, -0.15) is 0 Å².